The van der Waals surface area contributed by atoms with E-state index in [1.807, 2.05) is 0 Å². The molecule has 46 heavy (non-hydrogen) atoms. The Morgan fingerprint density at radius 3 is 1.85 bits per heavy atom. The maximum absolute atomic E-state index is 6.87. The number of rotatable bonds is 4. The van der Waals surface area contributed by atoms with Crippen molar-refractivity contribution >= 4 is 43.7 Å². The van der Waals surface area contributed by atoms with Crippen LogP contribution in [0.25, 0.3) is 83.1 Å². The van der Waals surface area contributed by atoms with Gasteiger partial charge in [0.05, 0.1) is 7.05 Å². The van der Waals surface area contributed by atoms with Crippen molar-refractivity contribution in [1.29, 1.82) is 0 Å². The lowest BCUT2D eigenvalue weighted by atomic mass is 10.00. The highest BCUT2D eigenvalue weighted by Gasteiger charge is 2.30. The summed E-state index contributed by atoms with van der Waals surface area (Å²) in [7, 11) is 2.16. The molecule has 0 atom stereocenters. The number of nitrogens with zero attached hydrogens (tertiary/aromatic N) is 2. The molecule has 218 valence electrons. The Kier molecular flexibility index (Phi) is 5.94. The van der Waals surface area contributed by atoms with Gasteiger partial charge in [0.1, 0.15) is 16.8 Å². The first-order valence-electron chi connectivity index (χ1n) is 15.8. The van der Waals surface area contributed by atoms with Crippen LogP contribution < -0.4 is 4.57 Å². The summed E-state index contributed by atoms with van der Waals surface area (Å²) in [6, 6.07) is 54.2. The number of hydrogen-bond donors (Lipinski definition) is 0. The third-order valence-electron chi connectivity index (χ3n) is 9.43. The highest BCUT2D eigenvalue weighted by Crippen LogP contribution is 2.41. The Balaban J connectivity index is 1.22. The molecule has 3 heteroatoms. The number of para-hydroxylation sites is 2. The molecule has 0 saturated heterocycles. The molecule has 0 aliphatic carbocycles. The first-order chi connectivity index (χ1) is 22.7. The van der Waals surface area contributed by atoms with Crippen LogP contribution in [-0.2, 0) is 7.05 Å². The Hall–Kier alpha value is -5.93. The van der Waals surface area contributed by atoms with E-state index in [1.165, 1.54) is 33.2 Å². The molecule has 3 nitrogen and oxygen atoms in total. The summed E-state index contributed by atoms with van der Waals surface area (Å²) >= 11 is 0. The summed E-state index contributed by atoms with van der Waals surface area (Å²) in [6.45, 7) is 2.18. The van der Waals surface area contributed by atoms with E-state index in [1.54, 1.807) is 0 Å². The van der Waals surface area contributed by atoms with E-state index in [0.29, 0.717) is 0 Å². The number of benzene rings is 7. The van der Waals surface area contributed by atoms with Crippen LogP contribution in [0.3, 0.4) is 0 Å². The minimum absolute atomic E-state index is 0.918. The molecule has 9 aromatic rings. The molecule has 0 unspecified atom stereocenters. The molecule has 0 aliphatic heterocycles. The summed E-state index contributed by atoms with van der Waals surface area (Å²) in [5.41, 5.74) is 12.4. The summed E-state index contributed by atoms with van der Waals surface area (Å²) in [5.74, 6) is 1.09. The van der Waals surface area contributed by atoms with Crippen LogP contribution >= 0.6 is 0 Å². The molecule has 2 aromatic heterocycles. The van der Waals surface area contributed by atoms with E-state index in [2.05, 4.69) is 175 Å². The van der Waals surface area contributed by atoms with E-state index in [9.17, 15) is 0 Å². The lowest BCUT2D eigenvalue weighted by molar-refractivity contribution is -0.633. The molecule has 0 spiro atoms. The van der Waals surface area contributed by atoms with Gasteiger partial charge in [0, 0.05) is 16.2 Å². The van der Waals surface area contributed by atoms with Crippen molar-refractivity contribution in [2.24, 2.45) is 7.05 Å². The van der Waals surface area contributed by atoms with Crippen molar-refractivity contribution in [1.82, 2.24) is 4.57 Å². The zero-order chi connectivity index (χ0) is 30.8. The number of hydrogen-bond acceptors (Lipinski definition) is 1. The van der Waals surface area contributed by atoms with Gasteiger partial charge in [0.15, 0.2) is 16.6 Å². The summed E-state index contributed by atoms with van der Waals surface area (Å²) in [4.78, 5) is 0. The van der Waals surface area contributed by atoms with Crippen LogP contribution in [0.1, 0.15) is 5.56 Å². The van der Waals surface area contributed by atoms with Crippen LogP contribution in [0.15, 0.2) is 156 Å². The molecule has 0 fully saturated rings. The Bertz CT molecular complexity index is 2570. The molecule has 0 radical (unpaired) electrons. The Morgan fingerprint density at radius 1 is 0.500 bits per heavy atom. The third-order valence-corrected chi connectivity index (χ3v) is 9.43. The SMILES string of the molecule is Cc1ccc2c(oc3c4ccccc4ccc23)c1-c1n(-c2ccc(-c3ccc(-c4ccccc4)cc3)cc2)c2ccccc2[n+]1C. The van der Waals surface area contributed by atoms with Gasteiger partial charge in [-0.15, -0.1) is 0 Å². The van der Waals surface area contributed by atoms with Gasteiger partial charge in [-0.3, -0.25) is 0 Å². The van der Waals surface area contributed by atoms with Gasteiger partial charge in [-0.2, -0.15) is 4.57 Å². The van der Waals surface area contributed by atoms with E-state index < -0.39 is 0 Å². The normalized spacial score (nSPS) is 11.7. The standard InChI is InChI=1S/C43H31N2O/c1-28-16-26-37-36-27-23-33-12-6-7-13-35(33)41(36)46-42(37)40(28)43-44(2)38-14-8-9-15-39(38)45(43)34-24-21-32(22-25-34)31-19-17-30(18-20-31)29-10-4-3-5-11-29/h3-27H,1-2H3/q+1. The van der Waals surface area contributed by atoms with Crippen LogP contribution in [0.5, 0.6) is 0 Å². The van der Waals surface area contributed by atoms with Gasteiger partial charge >= 0.3 is 0 Å². The number of imidazole rings is 1. The number of aromatic nitrogens is 2. The van der Waals surface area contributed by atoms with E-state index in [0.717, 1.165) is 55.4 Å². The Morgan fingerprint density at radius 2 is 1.09 bits per heavy atom. The second kappa shape index (κ2) is 10.3. The zero-order valence-corrected chi connectivity index (χ0v) is 25.7. The van der Waals surface area contributed by atoms with E-state index in [-0.39, 0.29) is 0 Å². The number of furan rings is 1. The van der Waals surface area contributed by atoms with Crippen molar-refractivity contribution in [2.75, 3.05) is 0 Å². The topological polar surface area (TPSA) is 21.9 Å². The van der Waals surface area contributed by atoms with E-state index >= 15 is 0 Å². The lowest BCUT2D eigenvalue weighted by Gasteiger charge is -2.09. The molecule has 7 aromatic carbocycles. The second-order valence-electron chi connectivity index (χ2n) is 12.1. The predicted octanol–water partition coefficient (Wildman–Crippen LogP) is 10.8. The van der Waals surface area contributed by atoms with Gasteiger partial charge in [0.25, 0.3) is 5.82 Å². The fraction of sp³-hybridized carbons (Fsp3) is 0.0465. The fourth-order valence-corrected chi connectivity index (χ4v) is 7.09. The second-order valence-corrected chi connectivity index (χ2v) is 12.1. The molecular formula is C43H31N2O+. The monoisotopic (exact) mass is 591 g/mol. The van der Waals surface area contributed by atoms with Crippen molar-refractivity contribution in [3.05, 3.63) is 157 Å². The van der Waals surface area contributed by atoms with Crippen molar-refractivity contribution < 1.29 is 8.98 Å². The molecule has 0 N–H and O–H groups in total. The summed E-state index contributed by atoms with van der Waals surface area (Å²) in [6.07, 6.45) is 0. The molecule has 0 bridgehead atoms. The maximum atomic E-state index is 6.87. The molecule has 0 saturated carbocycles. The predicted molar refractivity (Wildman–Crippen MR) is 190 cm³/mol. The number of fused-ring (bicyclic) bond motifs is 6. The third kappa shape index (κ3) is 4.02. The summed E-state index contributed by atoms with van der Waals surface area (Å²) in [5, 5.41) is 4.59. The van der Waals surface area contributed by atoms with Crippen LogP contribution in [0.4, 0.5) is 0 Å². The fourth-order valence-electron chi connectivity index (χ4n) is 7.09. The molecule has 0 amide bonds. The molecule has 0 aliphatic rings. The van der Waals surface area contributed by atoms with Gasteiger partial charge in [-0.25, -0.2) is 4.57 Å². The average molecular weight is 592 g/mol. The Labute approximate surface area is 267 Å². The highest BCUT2D eigenvalue weighted by atomic mass is 16.3. The summed E-state index contributed by atoms with van der Waals surface area (Å²) < 4.78 is 11.5. The van der Waals surface area contributed by atoms with Crippen molar-refractivity contribution in [2.45, 2.75) is 6.92 Å². The minimum atomic E-state index is 0.918. The maximum Gasteiger partial charge on any atom is 0.298 e. The van der Waals surface area contributed by atoms with Crippen LogP contribution in [0, 0.1) is 6.92 Å². The van der Waals surface area contributed by atoms with Crippen molar-refractivity contribution in [3.8, 4) is 39.3 Å². The van der Waals surface area contributed by atoms with Crippen LogP contribution in [0.2, 0.25) is 0 Å². The lowest BCUT2D eigenvalue weighted by Crippen LogP contribution is -2.30. The minimum Gasteiger partial charge on any atom is -0.454 e. The average Bonchev–Trinajstić information content (AvgIpc) is 3.64. The van der Waals surface area contributed by atoms with Crippen LogP contribution in [-0.4, -0.2) is 4.57 Å². The smallest absolute Gasteiger partial charge is 0.298 e. The number of aryl methyl sites for hydroxylation is 2. The van der Waals surface area contributed by atoms with E-state index in [4.69, 9.17) is 4.42 Å². The van der Waals surface area contributed by atoms with Gasteiger partial charge in [0.2, 0.25) is 0 Å². The van der Waals surface area contributed by atoms with Gasteiger partial charge in [-0.05, 0) is 70.5 Å². The zero-order valence-electron chi connectivity index (χ0n) is 25.7. The van der Waals surface area contributed by atoms with Gasteiger partial charge < -0.3 is 4.42 Å². The molecule has 9 rings (SSSR count). The van der Waals surface area contributed by atoms with Crippen molar-refractivity contribution in [3.63, 3.8) is 0 Å². The quantitative estimate of drug-likeness (QED) is 0.187. The molecule has 2 heterocycles. The highest BCUT2D eigenvalue weighted by molar-refractivity contribution is 6.17. The first-order valence-corrected chi connectivity index (χ1v) is 15.8. The molecular weight excluding hydrogens is 560 g/mol. The first kappa shape index (κ1) is 26.5. The van der Waals surface area contributed by atoms with Gasteiger partial charge in [-0.1, -0.05) is 121 Å². The largest absolute Gasteiger partial charge is 0.454 e.